The van der Waals surface area contributed by atoms with E-state index in [0.717, 1.165) is 0 Å². The van der Waals surface area contributed by atoms with Gasteiger partial charge in [0.1, 0.15) is 5.54 Å². The molecule has 0 heterocycles. The Morgan fingerprint density at radius 3 is 2.13 bits per heavy atom. The van der Waals surface area contributed by atoms with Gasteiger partial charge >= 0.3 is 11.9 Å². The fraction of sp³-hybridized carbons (Fsp3) is 0.800. The van der Waals surface area contributed by atoms with E-state index in [1.54, 1.807) is 0 Å². The van der Waals surface area contributed by atoms with Gasteiger partial charge in [-0.15, -0.1) is 0 Å². The summed E-state index contributed by atoms with van der Waals surface area (Å²) >= 11 is 0. The molecule has 0 aliphatic heterocycles. The SMILES string of the molecule is CC1(C)C[C@@](N)(C(=O)O)C2C(C(=O)O)C21. The maximum Gasteiger partial charge on any atom is 0.324 e. The molecule has 0 amide bonds. The Labute approximate surface area is 87.3 Å². The summed E-state index contributed by atoms with van der Waals surface area (Å²) in [7, 11) is 0. The van der Waals surface area contributed by atoms with Crippen LogP contribution in [0, 0.1) is 23.2 Å². The van der Waals surface area contributed by atoms with Crippen molar-refractivity contribution < 1.29 is 19.8 Å². The number of carbonyl (C=O) groups is 2. The highest BCUT2D eigenvalue weighted by molar-refractivity contribution is 5.85. The van der Waals surface area contributed by atoms with E-state index in [2.05, 4.69) is 0 Å². The molecule has 2 rings (SSSR count). The lowest BCUT2D eigenvalue weighted by atomic mass is 9.79. The lowest BCUT2D eigenvalue weighted by Crippen LogP contribution is -2.50. The number of hydrogen-bond acceptors (Lipinski definition) is 3. The first-order valence-corrected chi connectivity index (χ1v) is 4.97. The van der Waals surface area contributed by atoms with E-state index in [1.165, 1.54) is 0 Å². The average Bonchev–Trinajstić information content (AvgIpc) is 2.72. The molecule has 0 radical (unpaired) electrons. The topological polar surface area (TPSA) is 101 Å². The van der Waals surface area contributed by atoms with Crippen molar-refractivity contribution in [3.8, 4) is 0 Å². The molecule has 0 saturated heterocycles. The molecule has 0 aromatic heterocycles. The highest BCUT2D eigenvalue weighted by Crippen LogP contribution is 2.69. The molecular weight excluding hydrogens is 198 g/mol. The fourth-order valence-corrected chi connectivity index (χ4v) is 3.44. The van der Waals surface area contributed by atoms with Gasteiger partial charge in [-0.3, -0.25) is 9.59 Å². The molecule has 0 aromatic rings. The first kappa shape index (κ1) is 10.4. The molecule has 15 heavy (non-hydrogen) atoms. The van der Waals surface area contributed by atoms with Crippen LogP contribution in [-0.2, 0) is 9.59 Å². The molecule has 0 aromatic carbocycles. The zero-order chi connectivity index (χ0) is 11.6. The predicted molar refractivity (Wildman–Crippen MR) is 51.1 cm³/mol. The highest BCUT2D eigenvalue weighted by Gasteiger charge is 2.76. The molecular formula is C10H15NO4. The Hall–Kier alpha value is -1.10. The van der Waals surface area contributed by atoms with Crippen molar-refractivity contribution in [2.45, 2.75) is 25.8 Å². The number of carboxylic acid groups (broad SMARTS) is 2. The smallest absolute Gasteiger partial charge is 0.324 e. The summed E-state index contributed by atoms with van der Waals surface area (Å²) in [4.78, 5) is 22.0. The second-order valence-corrected chi connectivity index (χ2v) is 5.43. The van der Waals surface area contributed by atoms with E-state index in [0.29, 0.717) is 6.42 Å². The van der Waals surface area contributed by atoms with Crippen LogP contribution < -0.4 is 5.73 Å². The van der Waals surface area contributed by atoms with E-state index in [-0.39, 0.29) is 11.3 Å². The first-order valence-electron chi connectivity index (χ1n) is 4.97. The van der Waals surface area contributed by atoms with E-state index in [1.807, 2.05) is 13.8 Å². The first-order chi connectivity index (χ1) is 6.72. The number of nitrogens with two attached hydrogens (primary N) is 1. The van der Waals surface area contributed by atoms with Crippen LogP contribution in [0.2, 0.25) is 0 Å². The second kappa shape index (κ2) is 2.52. The van der Waals surface area contributed by atoms with Gasteiger partial charge in [-0.25, -0.2) is 0 Å². The maximum absolute atomic E-state index is 11.1. The van der Waals surface area contributed by atoms with Crippen molar-refractivity contribution in [1.29, 1.82) is 0 Å². The minimum Gasteiger partial charge on any atom is -0.481 e. The molecule has 5 heteroatoms. The van der Waals surface area contributed by atoms with Crippen molar-refractivity contribution in [3.05, 3.63) is 0 Å². The van der Waals surface area contributed by atoms with Gasteiger partial charge in [-0.2, -0.15) is 0 Å². The Kier molecular flexibility index (Phi) is 1.75. The molecule has 4 N–H and O–H groups in total. The number of fused-ring (bicyclic) bond motifs is 1. The molecule has 2 saturated carbocycles. The van der Waals surface area contributed by atoms with Crippen LogP contribution in [0.3, 0.4) is 0 Å². The second-order valence-electron chi connectivity index (χ2n) is 5.43. The van der Waals surface area contributed by atoms with Gasteiger partial charge in [0.15, 0.2) is 0 Å². The van der Waals surface area contributed by atoms with Crippen molar-refractivity contribution >= 4 is 11.9 Å². The predicted octanol–water partition coefficient (Wildman–Crippen LogP) is 0.145. The average molecular weight is 213 g/mol. The van der Waals surface area contributed by atoms with Crippen LogP contribution in [0.4, 0.5) is 0 Å². The molecule has 0 spiro atoms. The van der Waals surface area contributed by atoms with Crippen LogP contribution in [0.5, 0.6) is 0 Å². The Morgan fingerprint density at radius 2 is 1.80 bits per heavy atom. The van der Waals surface area contributed by atoms with E-state index in [9.17, 15) is 9.59 Å². The summed E-state index contributed by atoms with van der Waals surface area (Å²) in [5.41, 5.74) is 4.19. The van der Waals surface area contributed by atoms with Crippen LogP contribution in [0.15, 0.2) is 0 Å². The zero-order valence-electron chi connectivity index (χ0n) is 8.73. The minimum absolute atomic E-state index is 0.0869. The van der Waals surface area contributed by atoms with Crippen molar-refractivity contribution in [2.75, 3.05) is 0 Å². The Morgan fingerprint density at radius 1 is 1.27 bits per heavy atom. The zero-order valence-corrected chi connectivity index (χ0v) is 8.73. The summed E-state index contributed by atoms with van der Waals surface area (Å²) in [6.07, 6.45) is 0.356. The largest absolute Gasteiger partial charge is 0.481 e. The summed E-state index contributed by atoms with van der Waals surface area (Å²) in [6, 6.07) is 0. The fourth-order valence-electron chi connectivity index (χ4n) is 3.44. The van der Waals surface area contributed by atoms with Gasteiger partial charge in [0.25, 0.3) is 0 Å². The molecule has 4 atom stereocenters. The highest BCUT2D eigenvalue weighted by atomic mass is 16.4. The van der Waals surface area contributed by atoms with Crippen LogP contribution in [-0.4, -0.2) is 27.7 Å². The maximum atomic E-state index is 11.1. The number of aliphatic carboxylic acids is 2. The lowest BCUT2D eigenvalue weighted by molar-refractivity contribution is -0.146. The molecule has 0 bridgehead atoms. The standard InChI is InChI=1S/C10H15NO4/c1-9(2)3-10(11,8(14)15)6-4(5(6)9)7(12)13/h4-6H,3,11H2,1-2H3,(H,12,13)(H,14,15)/t4?,5?,6?,10-/m0/s1. The summed E-state index contributed by atoms with van der Waals surface area (Å²) in [5, 5.41) is 18.0. The quantitative estimate of drug-likeness (QED) is 0.606. The molecule has 5 nitrogen and oxygen atoms in total. The van der Waals surface area contributed by atoms with Crippen molar-refractivity contribution in [3.63, 3.8) is 0 Å². The summed E-state index contributed by atoms with van der Waals surface area (Å²) in [6.45, 7) is 3.79. The lowest BCUT2D eigenvalue weighted by Gasteiger charge is -2.28. The van der Waals surface area contributed by atoms with E-state index in [4.69, 9.17) is 15.9 Å². The van der Waals surface area contributed by atoms with Gasteiger partial charge in [-0.05, 0) is 17.8 Å². The third kappa shape index (κ3) is 1.13. The molecule has 2 aliphatic rings. The molecule has 84 valence electrons. The van der Waals surface area contributed by atoms with Gasteiger partial charge in [0.2, 0.25) is 0 Å². The van der Waals surface area contributed by atoms with E-state index >= 15 is 0 Å². The number of carboxylic acids is 2. The number of rotatable bonds is 2. The van der Waals surface area contributed by atoms with Crippen LogP contribution in [0.1, 0.15) is 20.3 Å². The van der Waals surface area contributed by atoms with Gasteiger partial charge in [0.05, 0.1) is 5.92 Å². The monoisotopic (exact) mass is 213 g/mol. The normalized spacial score (nSPS) is 45.9. The Bertz CT molecular complexity index is 351. The van der Waals surface area contributed by atoms with Gasteiger partial charge in [0, 0.05) is 5.92 Å². The summed E-state index contributed by atoms with van der Waals surface area (Å²) in [5.74, 6) is -3.06. The van der Waals surface area contributed by atoms with Crippen molar-refractivity contribution in [2.24, 2.45) is 28.9 Å². The van der Waals surface area contributed by atoms with Crippen molar-refractivity contribution in [1.82, 2.24) is 0 Å². The molecule has 2 fully saturated rings. The van der Waals surface area contributed by atoms with Crippen LogP contribution >= 0.6 is 0 Å². The minimum atomic E-state index is -1.35. The molecule has 2 aliphatic carbocycles. The third-order valence-electron chi connectivity index (χ3n) is 3.95. The van der Waals surface area contributed by atoms with Gasteiger partial charge in [-0.1, -0.05) is 13.8 Å². The summed E-state index contributed by atoms with van der Waals surface area (Å²) < 4.78 is 0. The number of hydrogen-bond donors (Lipinski definition) is 3. The third-order valence-corrected chi connectivity index (χ3v) is 3.95. The molecule has 3 unspecified atom stereocenters. The van der Waals surface area contributed by atoms with Crippen LogP contribution in [0.25, 0.3) is 0 Å². The Balaban J connectivity index is 2.35. The van der Waals surface area contributed by atoms with E-state index < -0.39 is 29.3 Å². The van der Waals surface area contributed by atoms with Gasteiger partial charge < -0.3 is 15.9 Å².